The minimum absolute atomic E-state index is 0.393. The molecule has 158 valence electrons. The molecule has 2 aromatic carbocycles. The first-order chi connectivity index (χ1) is 13.8. The Morgan fingerprint density at radius 3 is 2.17 bits per heavy atom. The number of hydrogen-bond acceptors (Lipinski definition) is 6. The van der Waals surface area contributed by atoms with E-state index in [4.69, 9.17) is 18.9 Å². The smallest absolute Gasteiger partial charge is 0.342 e. The highest BCUT2D eigenvalue weighted by molar-refractivity contribution is 7.98. The molecule has 0 radical (unpaired) electrons. The van der Waals surface area contributed by atoms with Crippen molar-refractivity contribution in [3.05, 3.63) is 47.5 Å². The Kier molecular flexibility index (Phi) is 8.46. The van der Waals surface area contributed by atoms with Crippen LogP contribution in [0.5, 0.6) is 17.2 Å². The Morgan fingerprint density at radius 1 is 0.966 bits per heavy atom. The van der Waals surface area contributed by atoms with Gasteiger partial charge in [-0.2, -0.15) is 0 Å². The number of benzene rings is 2. The third kappa shape index (κ3) is 6.44. The van der Waals surface area contributed by atoms with E-state index in [0.717, 1.165) is 10.9 Å². The summed E-state index contributed by atoms with van der Waals surface area (Å²) in [5, 5.41) is 0. The van der Waals surface area contributed by atoms with Gasteiger partial charge >= 0.3 is 5.97 Å². The Balaban J connectivity index is 2.41. The van der Waals surface area contributed by atoms with Crippen LogP contribution in [0, 0.1) is 0 Å². The second-order valence-corrected chi connectivity index (χ2v) is 14.4. The third-order valence-corrected chi connectivity index (χ3v) is 7.11. The maximum absolute atomic E-state index is 13.0. The maximum atomic E-state index is 13.0. The molecule has 0 bridgehead atoms. The molecular formula is C22H30O5SSi. The standard InChI is InChI=1S/C22H30O5SSi/c1-24-18-14-19(25-2)21(26-3)17(15-28-16-10-8-7-9-11-16)20(18)22(23)27-12-13-29(4,5)6/h7-11,14H,12-13,15H2,1-6H3. The van der Waals surface area contributed by atoms with Crippen LogP contribution in [0.15, 0.2) is 41.3 Å². The number of thioether (sulfide) groups is 1. The highest BCUT2D eigenvalue weighted by Crippen LogP contribution is 2.42. The monoisotopic (exact) mass is 434 g/mol. The van der Waals surface area contributed by atoms with Crippen molar-refractivity contribution in [2.75, 3.05) is 27.9 Å². The van der Waals surface area contributed by atoms with Gasteiger partial charge in [-0.1, -0.05) is 37.8 Å². The van der Waals surface area contributed by atoms with Gasteiger partial charge in [0.05, 0.1) is 27.9 Å². The summed E-state index contributed by atoms with van der Waals surface area (Å²) in [6.07, 6.45) is 0. The predicted octanol–water partition coefficient (Wildman–Crippen LogP) is 5.50. The predicted molar refractivity (Wildman–Crippen MR) is 121 cm³/mol. The van der Waals surface area contributed by atoms with E-state index in [1.807, 2.05) is 30.3 Å². The van der Waals surface area contributed by atoms with E-state index in [9.17, 15) is 4.79 Å². The summed E-state index contributed by atoms with van der Waals surface area (Å²) in [6.45, 7) is 7.15. The summed E-state index contributed by atoms with van der Waals surface area (Å²) >= 11 is 1.61. The lowest BCUT2D eigenvalue weighted by Crippen LogP contribution is -2.23. The van der Waals surface area contributed by atoms with Crippen LogP contribution in [0.1, 0.15) is 15.9 Å². The molecule has 29 heavy (non-hydrogen) atoms. The Morgan fingerprint density at radius 2 is 1.62 bits per heavy atom. The summed E-state index contributed by atoms with van der Waals surface area (Å²) in [6, 6.07) is 12.6. The third-order valence-electron chi connectivity index (χ3n) is 4.37. The number of rotatable bonds is 10. The molecule has 0 saturated heterocycles. The molecular weight excluding hydrogens is 404 g/mol. The van der Waals surface area contributed by atoms with Gasteiger partial charge in [0.1, 0.15) is 11.3 Å². The molecule has 5 nitrogen and oxygen atoms in total. The second-order valence-electron chi connectivity index (χ2n) is 7.72. The van der Waals surface area contributed by atoms with Gasteiger partial charge in [0, 0.05) is 30.4 Å². The van der Waals surface area contributed by atoms with Crippen LogP contribution in [0.25, 0.3) is 0 Å². The van der Waals surface area contributed by atoms with Crippen molar-refractivity contribution in [2.24, 2.45) is 0 Å². The van der Waals surface area contributed by atoms with E-state index in [0.29, 0.717) is 40.7 Å². The van der Waals surface area contributed by atoms with E-state index in [1.165, 1.54) is 7.11 Å². The maximum Gasteiger partial charge on any atom is 0.342 e. The average molecular weight is 435 g/mol. The minimum Gasteiger partial charge on any atom is -0.496 e. The molecule has 0 aliphatic rings. The van der Waals surface area contributed by atoms with Crippen LogP contribution in [0.4, 0.5) is 0 Å². The fourth-order valence-electron chi connectivity index (χ4n) is 2.76. The van der Waals surface area contributed by atoms with E-state index < -0.39 is 14.0 Å². The zero-order valence-electron chi connectivity index (χ0n) is 18.0. The van der Waals surface area contributed by atoms with E-state index in [2.05, 4.69) is 19.6 Å². The van der Waals surface area contributed by atoms with Gasteiger partial charge in [-0.05, 0) is 18.2 Å². The zero-order chi connectivity index (χ0) is 21.4. The number of ether oxygens (including phenoxy) is 4. The van der Waals surface area contributed by atoms with Gasteiger partial charge in [-0.15, -0.1) is 11.8 Å². The van der Waals surface area contributed by atoms with Crippen LogP contribution < -0.4 is 14.2 Å². The van der Waals surface area contributed by atoms with E-state index in [-0.39, 0.29) is 0 Å². The normalized spacial score (nSPS) is 11.1. The fraction of sp³-hybridized carbons (Fsp3) is 0.409. The van der Waals surface area contributed by atoms with Crippen molar-refractivity contribution < 1.29 is 23.7 Å². The number of carbonyl (C=O) groups is 1. The lowest BCUT2D eigenvalue weighted by Gasteiger charge is -2.20. The van der Waals surface area contributed by atoms with E-state index in [1.54, 1.807) is 32.0 Å². The van der Waals surface area contributed by atoms with Crippen LogP contribution in [-0.4, -0.2) is 42.0 Å². The van der Waals surface area contributed by atoms with Crippen molar-refractivity contribution in [1.29, 1.82) is 0 Å². The molecule has 0 aliphatic heterocycles. The van der Waals surface area contributed by atoms with Crippen molar-refractivity contribution in [3.8, 4) is 17.2 Å². The average Bonchev–Trinajstić information content (AvgIpc) is 2.70. The van der Waals surface area contributed by atoms with Crippen molar-refractivity contribution in [1.82, 2.24) is 0 Å². The van der Waals surface area contributed by atoms with Gasteiger partial charge in [0.2, 0.25) is 0 Å². The lowest BCUT2D eigenvalue weighted by atomic mass is 10.1. The van der Waals surface area contributed by atoms with Gasteiger partial charge < -0.3 is 18.9 Å². The topological polar surface area (TPSA) is 54.0 Å². The first-order valence-electron chi connectivity index (χ1n) is 9.47. The Labute approximate surface area is 178 Å². The molecule has 2 rings (SSSR count). The summed E-state index contributed by atoms with van der Waals surface area (Å²) in [5.74, 6) is 1.58. The molecule has 2 aromatic rings. The minimum atomic E-state index is -1.31. The van der Waals surface area contributed by atoms with E-state index >= 15 is 0 Å². The molecule has 0 atom stereocenters. The summed E-state index contributed by atoms with van der Waals surface area (Å²) in [4.78, 5) is 14.1. The SMILES string of the molecule is COc1cc(OC)c(C(=O)OCC[Si](C)(C)C)c(CSc2ccccc2)c1OC. The van der Waals surface area contributed by atoms with Gasteiger partial charge in [0.15, 0.2) is 11.5 Å². The van der Waals surface area contributed by atoms with Crippen molar-refractivity contribution in [2.45, 2.75) is 36.3 Å². The first kappa shape index (κ1) is 23.2. The number of esters is 1. The summed E-state index contributed by atoms with van der Waals surface area (Å²) in [7, 11) is 3.36. The summed E-state index contributed by atoms with van der Waals surface area (Å²) in [5.41, 5.74) is 1.10. The molecule has 0 aliphatic carbocycles. The fourth-order valence-corrected chi connectivity index (χ4v) is 4.41. The number of hydrogen-bond donors (Lipinski definition) is 0. The molecule has 0 aromatic heterocycles. The molecule has 7 heteroatoms. The zero-order valence-corrected chi connectivity index (χ0v) is 19.9. The highest BCUT2D eigenvalue weighted by Gasteiger charge is 2.27. The van der Waals surface area contributed by atoms with Crippen LogP contribution in [0.3, 0.4) is 0 Å². The largest absolute Gasteiger partial charge is 0.496 e. The highest BCUT2D eigenvalue weighted by atomic mass is 32.2. The van der Waals surface area contributed by atoms with Crippen molar-refractivity contribution >= 4 is 25.8 Å². The van der Waals surface area contributed by atoms with Gasteiger partial charge in [-0.25, -0.2) is 4.79 Å². The molecule has 0 fully saturated rings. The van der Waals surface area contributed by atoms with Crippen LogP contribution in [0.2, 0.25) is 25.7 Å². The number of methoxy groups -OCH3 is 3. The second kappa shape index (κ2) is 10.6. The number of carbonyl (C=O) groups excluding carboxylic acids is 1. The van der Waals surface area contributed by atoms with Crippen LogP contribution >= 0.6 is 11.8 Å². The van der Waals surface area contributed by atoms with Crippen molar-refractivity contribution in [3.63, 3.8) is 0 Å². The lowest BCUT2D eigenvalue weighted by molar-refractivity contribution is 0.0520. The first-order valence-corrected chi connectivity index (χ1v) is 14.2. The quantitative estimate of drug-likeness (QED) is 0.280. The molecule has 0 unspecified atom stereocenters. The van der Waals surface area contributed by atoms with Gasteiger partial charge in [0.25, 0.3) is 0 Å². The molecule has 0 saturated carbocycles. The Bertz CT molecular complexity index is 818. The summed E-state index contributed by atoms with van der Waals surface area (Å²) < 4.78 is 22.2. The molecule has 0 heterocycles. The van der Waals surface area contributed by atoms with Crippen LogP contribution in [-0.2, 0) is 10.5 Å². The van der Waals surface area contributed by atoms with Gasteiger partial charge in [-0.3, -0.25) is 0 Å². The molecule has 0 spiro atoms. The molecule has 0 amide bonds. The Hall–Kier alpha value is -2.12. The molecule has 0 N–H and O–H groups in total.